The van der Waals surface area contributed by atoms with Crippen LogP contribution in [-0.4, -0.2) is 19.7 Å². The topological polar surface area (TPSA) is 56.7 Å². The van der Waals surface area contributed by atoms with Crippen LogP contribution < -0.4 is 0 Å². The van der Waals surface area contributed by atoms with Gasteiger partial charge in [0, 0.05) is 16.7 Å². The molecule has 7 heteroatoms. The van der Waals surface area contributed by atoms with Crippen LogP contribution in [0.2, 0.25) is 0 Å². The zero-order chi connectivity index (χ0) is 12.5. The Hall–Kier alpha value is -1.40. The van der Waals surface area contributed by atoms with Crippen LogP contribution in [0.4, 0.5) is 0 Å². The lowest BCUT2D eigenvalue weighted by Crippen LogP contribution is -2.03. The molecule has 0 saturated heterocycles. The Bertz CT molecular complexity index is 680. The van der Waals surface area contributed by atoms with Crippen molar-refractivity contribution in [2.75, 3.05) is 0 Å². The van der Waals surface area contributed by atoms with E-state index < -0.39 is 0 Å². The maximum Gasteiger partial charge on any atom is 0.160 e. The molecule has 5 nitrogen and oxygen atoms in total. The monoisotopic (exact) mass is 326 g/mol. The van der Waals surface area contributed by atoms with E-state index in [0.717, 1.165) is 27.2 Å². The molecule has 0 amide bonds. The van der Waals surface area contributed by atoms with Gasteiger partial charge in [-0.25, -0.2) is 9.97 Å². The van der Waals surface area contributed by atoms with Crippen LogP contribution in [0.3, 0.4) is 0 Å². The number of nitrogens with zero attached hydrogens (tertiary/aromatic N) is 4. The Labute approximate surface area is 116 Å². The number of fused-ring (bicyclic) bond motifs is 1. The summed E-state index contributed by atoms with van der Waals surface area (Å²) in [7, 11) is 0. The van der Waals surface area contributed by atoms with Gasteiger partial charge in [-0.1, -0.05) is 5.16 Å². The summed E-state index contributed by atoms with van der Waals surface area (Å²) in [5, 5.41) is 3.68. The van der Waals surface area contributed by atoms with Crippen LogP contribution in [0.15, 0.2) is 33.5 Å². The molecule has 92 valence electrons. The van der Waals surface area contributed by atoms with E-state index in [1.54, 1.807) is 12.4 Å². The maximum atomic E-state index is 5.91. The van der Waals surface area contributed by atoms with E-state index in [4.69, 9.17) is 16.1 Å². The highest BCUT2D eigenvalue weighted by molar-refractivity contribution is 9.10. The predicted molar refractivity (Wildman–Crippen MR) is 70.4 cm³/mol. The lowest BCUT2D eigenvalue weighted by molar-refractivity contribution is 0.376. The Kier molecular flexibility index (Phi) is 3.05. The third kappa shape index (κ3) is 2.02. The van der Waals surface area contributed by atoms with Gasteiger partial charge in [0.2, 0.25) is 0 Å². The van der Waals surface area contributed by atoms with Crippen LogP contribution in [0.1, 0.15) is 11.6 Å². The summed E-state index contributed by atoms with van der Waals surface area (Å²) in [4.78, 5) is 8.81. The Morgan fingerprint density at radius 3 is 3.06 bits per heavy atom. The summed E-state index contributed by atoms with van der Waals surface area (Å²) < 4.78 is 7.92. The van der Waals surface area contributed by atoms with E-state index in [0.29, 0.717) is 12.4 Å². The fraction of sp³-hybridized carbons (Fsp3) is 0.182. The first-order valence-electron chi connectivity index (χ1n) is 5.24. The van der Waals surface area contributed by atoms with E-state index in [1.165, 1.54) is 0 Å². The summed E-state index contributed by atoms with van der Waals surface area (Å²) in [5.74, 6) is 1.82. The fourth-order valence-electron chi connectivity index (χ4n) is 1.78. The molecule has 0 aromatic carbocycles. The van der Waals surface area contributed by atoms with Crippen molar-refractivity contribution >= 4 is 38.7 Å². The molecule has 0 saturated carbocycles. The van der Waals surface area contributed by atoms with Crippen molar-refractivity contribution < 1.29 is 4.52 Å². The van der Waals surface area contributed by atoms with Gasteiger partial charge in [0.15, 0.2) is 11.4 Å². The van der Waals surface area contributed by atoms with E-state index in [1.807, 2.05) is 16.7 Å². The molecule has 0 atom stereocenters. The predicted octanol–water partition coefficient (Wildman–Crippen LogP) is 2.97. The van der Waals surface area contributed by atoms with Gasteiger partial charge in [0.05, 0.1) is 18.6 Å². The van der Waals surface area contributed by atoms with E-state index in [9.17, 15) is 0 Å². The Balaban J connectivity index is 2.13. The SMILES string of the molecule is ClCc1nc2cc(Br)cnc2n1Cc1ccno1. The van der Waals surface area contributed by atoms with Gasteiger partial charge in [-0.05, 0) is 22.0 Å². The normalized spacial score (nSPS) is 11.2. The van der Waals surface area contributed by atoms with Crippen molar-refractivity contribution in [2.24, 2.45) is 0 Å². The maximum absolute atomic E-state index is 5.91. The van der Waals surface area contributed by atoms with Gasteiger partial charge < -0.3 is 9.09 Å². The van der Waals surface area contributed by atoms with Gasteiger partial charge in [-0.2, -0.15) is 0 Å². The van der Waals surface area contributed by atoms with Gasteiger partial charge in [-0.15, -0.1) is 11.6 Å². The zero-order valence-electron chi connectivity index (χ0n) is 9.18. The first-order valence-corrected chi connectivity index (χ1v) is 6.57. The van der Waals surface area contributed by atoms with E-state index in [-0.39, 0.29) is 0 Å². The number of aromatic nitrogens is 4. The number of alkyl halides is 1. The van der Waals surface area contributed by atoms with Crippen molar-refractivity contribution in [2.45, 2.75) is 12.4 Å². The molecule has 3 rings (SSSR count). The first kappa shape index (κ1) is 11.7. The summed E-state index contributed by atoms with van der Waals surface area (Å²) in [6, 6.07) is 3.72. The molecule has 18 heavy (non-hydrogen) atoms. The van der Waals surface area contributed by atoms with E-state index >= 15 is 0 Å². The standard InChI is InChI=1S/C11H8BrClN4O/c12-7-3-9-11(14-5-7)17(10(4-13)16-9)6-8-1-2-15-18-8/h1-3,5H,4,6H2. The minimum atomic E-state index is 0.322. The Morgan fingerprint density at radius 2 is 2.33 bits per heavy atom. The average molecular weight is 328 g/mol. The number of rotatable bonds is 3. The molecule has 0 N–H and O–H groups in total. The molecule has 0 fully saturated rings. The number of hydrogen-bond acceptors (Lipinski definition) is 4. The highest BCUT2D eigenvalue weighted by Gasteiger charge is 2.13. The second-order valence-corrected chi connectivity index (χ2v) is 4.91. The number of halogens is 2. The molecule has 0 bridgehead atoms. The van der Waals surface area contributed by atoms with Crippen LogP contribution in [0.5, 0.6) is 0 Å². The second-order valence-electron chi connectivity index (χ2n) is 3.72. The zero-order valence-corrected chi connectivity index (χ0v) is 11.5. The molecule has 0 unspecified atom stereocenters. The third-order valence-electron chi connectivity index (χ3n) is 2.56. The molecular formula is C11H8BrClN4O. The van der Waals surface area contributed by atoms with Gasteiger partial charge in [-0.3, -0.25) is 0 Å². The van der Waals surface area contributed by atoms with Gasteiger partial charge in [0.1, 0.15) is 11.3 Å². The minimum absolute atomic E-state index is 0.322. The molecule has 0 aliphatic carbocycles. The lowest BCUT2D eigenvalue weighted by atomic mass is 10.4. The fourth-order valence-corrected chi connectivity index (χ4v) is 2.30. The van der Waals surface area contributed by atoms with Crippen molar-refractivity contribution in [1.82, 2.24) is 19.7 Å². The smallest absolute Gasteiger partial charge is 0.160 e. The quantitative estimate of drug-likeness (QED) is 0.694. The van der Waals surface area contributed by atoms with Crippen LogP contribution >= 0.6 is 27.5 Å². The highest BCUT2D eigenvalue weighted by atomic mass is 79.9. The summed E-state index contributed by atoms with van der Waals surface area (Å²) in [6.45, 7) is 0.521. The highest BCUT2D eigenvalue weighted by Crippen LogP contribution is 2.20. The minimum Gasteiger partial charge on any atom is -0.359 e. The number of imidazole rings is 1. The Morgan fingerprint density at radius 1 is 1.44 bits per heavy atom. The molecule has 0 radical (unpaired) electrons. The van der Waals surface area contributed by atoms with Gasteiger partial charge in [0.25, 0.3) is 0 Å². The molecule has 0 aliphatic heterocycles. The van der Waals surface area contributed by atoms with Gasteiger partial charge >= 0.3 is 0 Å². The van der Waals surface area contributed by atoms with Crippen molar-refractivity contribution in [1.29, 1.82) is 0 Å². The third-order valence-corrected chi connectivity index (χ3v) is 3.23. The lowest BCUT2D eigenvalue weighted by Gasteiger charge is -2.03. The average Bonchev–Trinajstić information content (AvgIpc) is 2.97. The van der Waals surface area contributed by atoms with Crippen molar-refractivity contribution in [3.05, 3.63) is 40.6 Å². The summed E-state index contributed by atoms with van der Waals surface area (Å²) in [5.41, 5.74) is 1.59. The number of hydrogen-bond donors (Lipinski definition) is 0. The molecule has 3 aromatic heterocycles. The molecular weight excluding hydrogens is 320 g/mol. The summed E-state index contributed by atoms with van der Waals surface area (Å²) in [6.07, 6.45) is 3.34. The molecule has 0 spiro atoms. The van der Waals surface area contributed by atoms with E-state index in [2.05, 4.69) is 31.1 Å². The molecule has 3 aromatic rings. The number of pyridine rings is 1. The van der Waals surface area contributed by atoms with Crippen molar-refractivity contribution in [3.8, 4) is 0 Å². The molecule has 0 aliphatic rings. The summed E-state index contributed by atoms with van der Waals surface area (Å²) >= 11 is 9.29. The first-order chi connectivity index (χ1) is 8.78. The van der Waals surface area contributed by atoms with Crippen LogP contribution in [0, 0.1) is 0 Å². The molecule has 3 heterocycles. The van der Waals surface area contributed by atoms with Crippen LogP contribution in [-0.2, 0) is 12.4 Å². The second kappa shape index (κ2) is 4.70. The largest absolute Gasteiger partial charge is 0.359 e. The van der Waals surface area contributed by atoms with Crippen LogP contribution in [0.25, 0.3) is 11.2 Å². The van der Waals surface area contributed by atoms with Crippen molar-refractivity contribution in [3.63, 3.8) is 0 Å².